The number of carbonyl (C=O) groups is 1. The summed E-state index contributed by atoms with van der Waals surface area (Å²) < 4.78 is 37.0. The monoisotopic (exact) mass is 343 g/mol. The van der Waals surface area contributed by atoms with Crippen molar-refractivity contribution in [2.45, 2.75) is 0 Å². The van der Waals surface area contributed by atoms with Gasteiger partial charge in [-0.2, -0.15) is 0 Å². The van der Waals surface area contributed by atoms with Crippen LogP contribution in [0.25, 0.3) is 10.8 Å². The fraction of sp³-hybridized carbons (Fsp3) is 0.105. The molecule has 0 aliphatic heterocycles. The molecular formula is C19H15F2NO3. The summed E-state index contributed by atoms with van der Waals surface area (Å²) in [5, 5.41) is 4.25. The summed E-state index contributed by atoms with van der Waals surface area (Å²) in [7, 11) is 1.58. The number of halogens is 2. The largest absolute Gasteiger partial charge is 0.497 e. The third-order valence-electron chi connectivity index (χ3n) is 3.59. The zero-order valence-corrected chi connectivity index (χ0v) is 13.4. The van der Waals surface area contributed by atoms with Crippen LogP contribution < -0.4 is 14.8 Å². The van der Waals surface area contributed by atoms with Crippen LogP contribution in [-0.4, -0.2) is 19.6 Å². The highest BCUT2D eigenvalue weighted by Gasteiger charge is 2.09. The first-order valence-corrected chi connectivity index (χ1v) is 7.50. The van der Waals surface area contributed by atoms with Gasteiger partial charge in [0.1, 0.15) is 23.1 Å². The standard InChI is InChI=1S/C19H15F2NO3/c1-24-15-5-2-12-3-6-16(9-13(12)8-15)25-11-19(23)22-18-7-4-14(20)10-17(18)21/h2-10H,11H2,1H3,(H,22,23). The predicted molar refractivity (Wildman–Crippen MR) is 91.0 cm³/mol. The Hall–Kier alpha value is -3.15. The van der Waals surface area contributed by atoms with Gasteiger partial charge in [-0.25, -0.2) is 8.78 Å². The van der Waals surface area contributed by atoms with Gasteiger partial charge in [-0.1, -0.05) is 12.1 Å². The van der Waals surface area contributed by atoms with E-state index >= 15 is 0 Å². The van der Waals surface area contributed by atoms with Gasteiger partial charge in [-0.3, -0.25) is 4.79 Å². The summed E-state index contributed by atoms with van der Waals surface area (Å²) in [5.74, 6) is -0.884. The number of ether oxygens (including phenoxy) is 2. The molecule has 0 radical (unpaired) electrons. The normalized spacial score (nSPS) is 10.5. The molecule has 0 unspecified atom stereocenters. The van der Waals surface area contributed by atoms with Crippen LogP contribution in [0.1, 0.15) is 0 Å². The van der Waals surface area contributed by atoms with Crippen LogP contribution in [0.5, 0.6) is 11.5 Å². The summed E-state index contributed by atoms with van der Waals surface area (Å²) in [6, 6.07) is 13.9. The van der Waals surface area contributed by atoms with Gasteiger partial charge in [0, 0.05) is 6.07 Å². The first kappa shape index (κ1) is 16.7. The molecule has 1 amide bonds. The summed E-state index contributed by atoms with van der Waals surface area (Å²) in [4.78, 5) is 11.9. The molecule has 0 spiro atoms. The van der Waals surface area contributed by atoms with Crippen LogP contribution in [0.15, 0.2) is 54.6 Å². The van der Waals surface area contributed by atoms with E-state index in [9.17, 15) is 13.6 Å². The Morgan fingerprint density at radius 2 is 1.68 bits per heavy atom. The third kappa shape index (κ3) is 4.03. The zero-order valence-electron chi connectivity index (χ0n) is 13.4. The van der Waals surface area contributed by atoms with E-state index in [1.807, 2.05) is 24.3 Å². The molecule has 6 heteroatoms. The number of methoxy groups -OCH3 is 1. The van der Waals surface area contributed by atoms with Crippen LogP contribution >= 0.6 is 0 Å². The van der Waals surface area contributed by atoms with Crippen molar-refractivity contribution in [2.24, 2.45) is 0 Å². The molecule has 0 heterocycles. The quantitative estimate of drug-likeness (QED) is 0.757. The van der Waals surface area contributed by atoms with Gasteiger partial charge in [-0.15, -0.1) is 0 Å². The molecule has 0 saturated heterocycles. The Bertz CT molecular complexity index is 928. The van der Waals surface area contributed by atoms with Gasteiger partial charge >= 0.3 is 0 Å². The summed E-state index contributed by atoms with van der Waals surface area (Å²) in [6.07, 6.45) is 0. The van der Waals surface area contributed by atoms with E-state index in [0.29, 0.717) is 17.6 Å². The molecule has 0 aromatic heterocycles. The van der Waals surface area contributed by atoms with E-state index in [4.69, 9.17) is 9.47 Å². The molecule has 0 aliphatic rings. The number of rotatable bonds is 5. The number of amides is 1. The first-order chi connectivity index (χ1) is 12.0. The van der Waals surface area contributed by atoms with Crippen molar-refractivity contribution in [1.82, 2.24) is 0 Å². The third-order valence-corrected chi connectivity index (χ3v) is 3.59. The van der Waals surface area contributed by atoms with Crippen LogP contribution in [0, 0.1) is 11.6 Å². The number of benzene rings is 3. The molecule has 0 saturated carbocycles. The molecule has 1 N–H and O–H groups in total. The van der Waals surface area contributed by atoms with E-state index in [1.54, 1.807) is 19.2 Å². The topological polar surface area (TPSA) is 47.6 Å². The minimum atomic E-state index is -0.842. The first-order valence-electron chi connectivity index (χ1n) is 7.50. The SMILES string of the molecule is COc1ccc2ccc(OCC(=O)Nc3ccc(F)cc3F)cc2c1. The van der Waals surface area contributed by atoms with Crippen molar-refractivity contribution in [3.05, 3.63) is 66.2 Å². The fourth-order valence-electron chi connectivity index (χ4n) is 2.35. The molecule has 0 fully saturated rings. The number of hydrogen-bond acceptors (Lipinski definition) is 3. The predicted octanol–water partition coefficient (Wildman–Crippen LogP) is 4.14. The summed E-state index contributed by atoms with van der Waals surface area (Å²) >= 11 is 0. The highest BCUT2D eigenvalue weighted by atomic mass is 19.1. The number of hydrogen-bond donors (Lipinski definition) is 1. The van der Waals surface area contributed by atoms with Gasteiger partial charge in [0.2, 0.25) is 0 Å². The highest BCUT2D eigenvalue weighted by Crippen LogP contribution is 2.25. The average molecular weight is 343 g/mol. The molecule has 128 valence electrons. The fourth-order valence-corrected chi connectivity index (χ4v) is 2.35. The van der Waals surface area contributed by atoms with E-state index in [1.165, 1.54) is 0 Å². The molecule has 25 heavy (non-hydrogen) atoms. The lowest BCUT2D eigenvalue weighted by Crippen LogP contribution is -2.20. The Labute approximate surface area is 143 Å². The van der Waals surface area contributed by atoms with Gasteiger partial charge in [-0.05, 0) is 47.2 Å². The molecular weight excluding hydrogens is 328 g/mol. The smallest absolute Gasteiger partial charge is 0.262 e. The molecule has 3 rings (SSSR count). The van der Waals surface area contributed by atoms with Gasteiger partial charge in [0.05, 0.1) is 12.8 Å². The number of carbonyl (C=O) groups excluding carboxylic acids is 1. The van der Waals surface area contributed by atoms with Gasteiger partial charge in [0.15, 0.2) is 6.61 Å². The van der Waals surface area contributed by atoms with Crippen molar-refractivity contribution in [1.29, 1.82) is 0 Å². The molecule has 3 aromatic carbocycles. The lowest BCUT2D eigenvalue weighted by molar-refractivity contribution is -0.118. The maximum Gasteiger partial charge on any atom is 0.262 e. The van der Waals surface area contributed by atoms with Crippen LogP contribution in [0.4, 0.5) is 14.5 Å². The Morgan fingerprint density at radius 3 is 2.40 bits per heavy atom. The van der Waals surface area contributed by atoms with Crippen molar-refractivity contribution >= 4 is 22.4 Å². The Kier molecular flexibility index (Phi) is 4.79. The van der Waals surface area contributed by atoms with Crippen molar-refractivity contribution < 1.29 is 23.0 Å². The van der Waals surface area contributed by atoms with E-state index < -0.39 is 17.5 Å². The Morgan fingerprint density at radius 1 is 0.960 bits per heavy atom. The average Bonchev–Trinajstić information content (AvgIpc) is 2.61. The van der Waals surface area contributed by atoms with Crippen LogP contribution in [0.2, 0.25) is 0 Å². The lowest BCUT2D eigenvalue weighted by atomic mass is 10.1. The Balaban J connectivity index is 1.66. The van der Waals surface area contributed by atoms with E-state index in [-0.39, 0.29) is 12.3 Å². The maximum atomic E-state index is 13.5. The van der Waals surface area contributed by atoms with Gasteiger partial charge < -0.3 is 14.8 Å². The van der Waals surface area contributed by atoms with Crippen molar-refractivity contribution in [2.75, 3.05) is 19.0 Å². The second-order valence-electron chi connectivity index (χ2n) is 5.34. The van der Waals surface area contributed by atoms with Crippen LogP contribution in [-0.2, 0) is 4.79 Å². The minimum Gasteiger partial charge on any atom is -0.497 e. The molecule has 4 nitrogen and oxygen atoms in total. The second-order valence-corrected chi connectivity index (χ2v) is 5.34. The molecule has 0 aliphatic carbocycles. The number of anilines is 1. The minimum absolute atomic E-state index is 0.0988. The maximum absolute atomic E-state index is 13.5. The molecule has 0 atom stereocenters. The summed E-state index contributed by atoms with van der Waals surface area (Å²) in [5.41, 5.74) is -0.0988. The zero-order chi connectivity index (χ0) is 17.8. The van der Waals surface area contributed by atoms with E-state index in [2.05, 4.69) is 5.32 Å². The van der Waals surface area contributed by atoms with Crippen molar-refractivity contribution in [3.8, 4) is 11.5 Å². The molecule has 3 aromatic rings. The van der Waals surface area contributed by atoms with Crippen molar-refractivity contribution in [3.63, 3.8) is 0 Å². The van der Waals surface area contributed by atoms with Gasteiger partial charge in [0.25, 0.3) is 5.91 Å². The van der Waals surface area contributed by atoms with E-state index in [0.717, 1.165) is 22.9 Å². The second kappa shape index (κ2) is 7.17. The summed E-state index contributed by atoms with van der Waals surface area (Å²) in [6.45, 7) is -0.299. The lowest BCUT2D eigenvalue weighted by Gasteiger charge is -2.09. The number of fused-ring (bicyclic) bond motifs is 1. The molecule has 0 bridgehead atoms. The number of nitrogens with one attached hydrogen (secondary N) is 1. The highest BCUT2D eigenvalue weighted by molar-refractivity contribution is 5.92. The van der Waals surface area contributed by atoms with Crippen LogP contribution in [0.3, 0.4) is 0 Å².